The molecule has 0 aliphatic rings. The van der Waals surface area contributed by atoms with E-state index in [1.54, 1.807) is 35.1 Å². The van der Waals surface area contributed by atoms with Gasteiger partial charge in [0.2, 0.25) is 5.88 Å². The molecule has 5 nitrogen and oxygen atoms in total. The van der Waals surface area contributed by atoms with Gasteiger partial charge in [0.1, 0.15) is 5.52 Å². The van der Waals surface area contributed by atoms with Crippen molar-refractivity contribution in [3.8, 4) is 11.6 Å². The molecule has 0 spiro atoms. The predicted molar refractivity (Wildman–Crippen MR) is 83.0 cm³/mol. The first kappa shape index (κ1) is 13.7. The summed E-state index contributed by atoms with van der Waals surface area (Å²) >= 11 is 5.89. The van der Waals surface area contributed by atoms with Crippen LogP contribution in [0, 0.1) is 0 Å². The normalized spacial score (nSPS) is 11.2. The van der Waals surface area contributed by atoms with E-state index in [2.05, 4.69) is 23.9 Å². The predicted octanol–water partition coefficient (Wildman–Crippen LogP) is 3.88. The smallest absolute Gasteiger partial charge is 0.245 e. The molecule has 0 fully saturated rings. The maximum Gasteiger partial charge on any atom is 0.245 e. The second-order valence-corrected chi connectivity index (χ2v) is 5.51. The van der Waals surface area contributed by atoms with Gasteiger partial charge < -0.3 is 10.5 Å². The van der Waals surface area contributed by atoms with Gasteiger partial charge in [0.05, 0.1) is 11.4 Å². The van der Waals surface area contributed by atoms with Crippen LogP contribution in [0.5, 0.6) is 11.6 Å². The van der Waals surface area contributed by atoms with Crippen LogP contribution in [0.2, 0.25) is 5.02 Å². The van der Waals surface area contributed by atoms with E-state index in [0.717, 1.165) is 11.2 Å². The van der Waals surface area contributed by atoms with Gasteiger partial charge in [-0.25, -0.2) is 9.50 Å². The van der Waals surface area contributed by atoms with Gasteiger partial charge >= 0.3 is 0 Å². The molecule has 2 N–H and O–H groups in total. The zero-order valence-electron chi connectivity index (χ0n) is 11.7. The molecule has 0 bridgehead atoms. The Morgan fingerprint density at radius 3 is 2.81 bits per heavy atom. The van der Waals surface area contributed by atoms with Crippen molar-refractivity contribution in [2.24, 2.45) is 0 Å². The minimum Gasteiger partial charge on any atom is -0.435 e. The molecule has 108 valence electrons. The van der Waals surface area contributed by atoms with E-state index in [1.165, 1.54) is 0 Å². The van der Waals surface area contributed by atoms with Crippen LogP contribution in [0.1, 0.15) is 25.5 Å². The van der Waals surface area contributed by atoms with E-state index in [0.29, 0.717) is 28.3 Å². The van der Waals surface area contributed by atoms with Crippen molar-refractivity contribution in [2.75, 3.05) is 5.73 Å². The molecule has 0 amide bonds. The van der Waals surface area contributed by atoms with Gasteiger partial charge in [0, 0.05) is 17.4 Å². The Balaban J connectivity index is 2.04. The zero-order valence-corrected chi connectivity index (χ0v) is 12.5. The van der Waals surface area contributed by atoms with Crippen molar-refractivity contribution in [3.05, 3.63) is 47.4 Å². The Bertz CT molecular complexity index is 797. The Morgan fingerprint density at radius 1 is 1.29 bits per heavy atom. The van der Waals surface area contributed by atoms with E-state index in [9.17, 15) is 0 Å². The second-order valence-electron chi connectivity index (χ2n) is 5.07. The zero-order chi connectivity index (χ0) is 15.0. The Labute approximate surface area is 127 Å². The molecule has 3 aromatic rings. The fraction of sp³-hybridized carbons (Fsp3) is 0.200. The summed E-state index contributed by atoms with van der Waals surface area (Å²) in [4.78, 5) is 4.27. The quantitative estimate of drug-likeness (QED) is 0.746. The first-order chi connectivity index (χ1) is 10.0. The van der Waals surface area contributed by atoms with E-state index >= 15 is 0 Å². The van der Waals surface area contributed by atoms with Crippen LogP contribution in [0.3, 0.4) is 0 Å². The van der Waals surface area contributed by atoms with E-state index in [-0.39, 0.29) is 0 Å². The van der Waals surface area contributed by atoms with Crippen molar-refractivity contribution in [1.29, 1.82) is 0 Å². The number of anilines is 1. The highest BCUT2D eigenvalue weighted by Crippen LogP contribution is 2.31. The summed E-state index contributed by atoms with van der Waals surface area (Å²) in [7, 11) is 0. The molecular formula is C15H15ClN4O. The number of rotatable bonds is 3. The fourth-order valence-corrected chi connectivity index (χ4v) is 2.17. The van der Waals surface area contributed by atoms with Crippen LogP contribution in [0.4, 0.5) is 5.69 Å². The van der Waals surface area contributed by atoms with Gasteiger partial charge in [-0.1, -0.05) is 25.4 Å². The van der Waals surface area contributed by atoms with E-state index < -0.39 is 0 Å². The van der Waals surface area contributed by atoms with Gasteiger partial charge in [-0.15, -0.1) is 0 Å². The number of fused-ring (bicyclic) bond motifs is 1. The summed E-state index contributed by atoms with van der Waals surface area (Å²) < 4.78 is 7.57. The average molecular weight is 303 g/mol. The Morgan fingerprint density at radius 2 is 2.10 bits per heavy atom. The molecule has 0 atom stereocenters. The van der Waals surface area contributed by atoms with Gasteiger partial charge in [-0.2, -0.15) is 5.10 Å². The van der Waals surface area contributed by atoms with Crippen molar-refractivity contribution in [3.63, 3.8) is 0 Å². The topological polar surface area (TPSA) is 65.4 Å². The van der Waals surface area contributed by atoms with E-state index in [4.69, 9.17) is 22.1 Å². The molecule has 0 saturated heterocycles. The summed E-state index contributed by atoms with van der Waals surface area (Å²) in [6.45, 7) is 4.18. The largest absolute Gasteiger partial charge is 0.435 e. The number of ether oxygens (including phenoxy) is 1. The number of hydrogen-bond donors (Lipinski definition) is 1. The third kappa shape index (κ3) is 2.64. The molecule has 0 radical (unpaired) electrons. The number of nitrogen functional groups attached to an aromatic ring is 1. The first-order valence-electron chi connectivity index (χ1n) is 6.62. The van der Waals surface area contributed by atoms with Gasteiger partial charge in [0.25, 0.3) is 0 Å². The summed E-state index contributed by atoms with van der Waals surface area (Å²) in [5.74, 6) is 1.32. The third-order valence-corrected chi connectivity index (χ3v) is 3.38. The Kier molecular flexibility index (Phi) is 3.43. The lowest BCUT2D eigenvalue weighted by molar-refractivity contribution is 0.468. The minimum atomic E-state index is 0.332. The summed E-state index contributed by atoms with van der Waals surface area (Å²) in [6.07, 6.45) is 3.44. The van der Waals surface area contributed by atoms with E-state index in [1.807, 2.05) is 6.07 Å². The summed E-state index contributed by atoms with van der Waals surface area (Å²) in [5.41, 5.74) is 8.16. The lowest BCUT2D eigenvalue weighted by Crippen LogP contribution is -1.96. The number of benzene rings is 1. The highest BCUT2D eigenvalue weighted by atomic mass is 35.5. The summed E-state index contributed by atoms with van der Waals surface area (Å²) in [5, 5.41) is 5.06. The lowest BCUT2D eigenvalue weighted by atomic mass is 10.1. The van der Waals surface area contributed by atoms with Crippen LogP contribution in [0.25, 0.3) is 5.52 Å². The van der Waals surface area contributed by atoms with Crippen molar-refractivity contribution in [2.45, 2.75) is 19.8 Å². The first-order valence-corrected chi connectivity index (χ1v) is 6.99. The highest BCUT2D eigenvalue weighted by molar-refractivity contribution is 6.30. The molecule has 0 aliphatic carbocycles. The molecule has 0 aliphatic heterocycles. The fourth-order valence-electron chi connectivity index (χ4n) is 1.99. The number of nitrogens with two attached hydrogens (primary N) is 1. The number of aromatic nitrogens is 3. The second kappa shape index (κ2) is 5.26. The molecule has 2 aromatic heterocycles. The maximum atomic E-state index is 5.91. The number of halogens is 1. The van der Waals surface area contributed by atoms with Gasteiger partial charge in [0.15, 0.2) is 5.75 Å². The summed E-state index contributed by atoms with van der Waals surface area (Å²) in [6, 6.07) is 7.07. The lowest BCUT2D eigenvalue weighted by Gasteiger charge is -2.08. The number of nitrogens with zero attached hydrogens (tertiary/aromatic N) is 3. The minimum absolute atomic E-state index is 0.332. The monoisotopic (exact) mass is 302 g/mol. The molecule has 0 unspecified atom stereocenters. The maximum absolute atomic E-state index is 5.91. The molecule has 0 saturated carbocycles. The SMILES string of the molecule is CC(C)c1cc2c(Oc3ccc(Cl)cc3N)nccn2n1. The van der Waals surface area contributed by atoms with Gasteiger partial charge in [-0.3, -0.25) is 0 Å². The average Bonchev–Trinajstić information content (AvgIpc) is 2.87. The van der Waals surface area contributed by atoms with Crippen molar-refractivity contribution in [1.82, 2.24) is 14.6 Å². The molecule has 2 heterocycles. The van der Waals surface area contributed by atoms with Crippen LogP contribution in [0.15, 0.2) is 36.7 Å². The molecule has 3 rings (SSSR count). The molecule has 6 heteroatoms. The van der Waals surface area contributed by atoms with Gasteiger partial charge in [-0.05, 0) is 30.2 Å². The van der Waals surface area contributed by atoms with Crippen LogP contribution in [-0.2, 0) is 0 Å². The van der Waals surface area contributed by atoms with Crippen LogP contribution < -0.4 is 10.5 Å². The molecule has 1 aromatic carbocycles. The third-order valence-electron chi connectivity index (χ3n) is 3.14. The van der Waals surface area contributed by atoms with Crippen LogP contribution >= 0.6 is 11.6 Å². The number of hydrogen-bond acceptors (Lipinski definition) is 4. The molecular weight excluding hydrogens is 288 g/mol. The van der Waals surface area contributed by atoms with Crippen molar-refractivity contribution >= 4 is 22.8 Å². The van der Waals surface area contributed by atoms with Crippen molar-refractivity contribution < 1.29 is 4.74 Å². The highest BCUT2D eigenvalue weighted by Gasteiger charge is 2.12. The molecule has 21 heavy (non-hydrogen) atoms. The Hall–Kier alpha value is -2.27. The standard InChI is InChI=1S/C15H15ClN4O/c1-9(2)12-8-13-15(18-5-6-20(13)19-12)21-14-4-3-10(16)7-11(14)17/h3-9H,17H2,1-2H3. The van der Waals surface area contributed by atoms with Crippen LogP contribution in [-0.4, -0.2) is 14.6 Å².